The Morgan fingerprint density at radius 2 is 1.52 bits per heavy atom. The number of carbonyl (C=O) groups excluding carboxylic acids is 1. The van der Waals surface area contributed by atoms with E-state index in [1.807, 2.05) is 24.3 Å². The van der Waals surface area contributed by atoms with Crippen molar-refractivity contribution in [1.82, 2.24) is 0 Å². The Bertz CT molecular complexity index is 1740. The average Bonchev–Trinajstić information content (AvgIpc) is 3.44. The van der Waals surface area contributed by atoms with Gasteiger partial charge in [-0.3, -0.25) is 5.01 Å². The number of aryl methyl sites for hydroxylation is 2. The van der Waals surface area contributed by atoms with Crippen LogP contribution in [0.15, 0.2) is 96.1 Å². The molecule has 224 valence electrons. The average molecular weight is 588 g/mol. The lowest BCUT2D eigenvalue weighted by atomic mass is 9.97. The van der Waals surface area contributed by atoms with Crippen molar-refractivity contribution in [1.29, 1.82) is 0 Å². The highest BCUT2D eigenvalue weighted by Gasteiger charge is 2.29. The smallest absolute Gasteiger partial charge is 0.338 e. The highest BCUT2D eigenvalue weighted by atomic mass is 16.5. The molecule has 1 atom stereocenters. The molecule has 1 aliphatic rings. The van der Waals surface area contributed by atoms with E-state index < -0.39 is 5.97 Å². The predicted molar refractivity (Wildman–Crippen MR) is 178 cm³/mol. The van der Waals surface area contributed by atoms with Gasteiger partial charge in [0.05, 0.1) is 35.2 Å². The van der Waals surface area contributed by atoms with E-state index in [1.165, 1.54) is 11.3 Å². The van der Waals surface area contributed by atoms with E-state index in [-0.39, 0.29) is 17.6 Å². The molecule has 5 rings (SSSR count). The van der Waals surface area contributed by atoms with E-state index in [0.29, 0.717) is 18.6 Å². The molecule has 1 N–H and O–H groups in total. The number of carboxylic acid groups (broad SMARTS) is 1. The number of anilines is 2. The van der Waals surface area contributed by atoms with E-state index in [0.717, 1.165) is 39.2 Å². The molecular weight excluding hydrogens is 550 g/mol. The first-order chi connectivity index (χ1) is 21.1. The number of nitrogens with zero attached hydrogens (tertiary/aromatic N) is 3. The molecule has 0 aromatic heterocycles. The van der Waals surface area contributed by atoms with Gasteiger partial charge in [0, 0.05) is 26.2 Å². The van der Waals surface area contributed by atoms with Gasteiger partial charge >= 0.3 is 11.9 Å². The third kappa shape index (κ3) is 6.57. The monoisotopic (exact) mass is 587 g/mol. The molecule has 4 aromatic carbocycles. The minimum absolute atomic E-state index is 0.0774. The van der Waals surface area contributed by atoms with Crippen LogP contribution in [0.5, 0.6) is 0 Å². The number of allylic oxidation sites excluding steroid dienone is 1. The third-order valence-corrected chi connectivity index (χ3v) is 7.82. The normalized spacial score (nSPS) is 14.5. The molecule has 0 bridgehead atoms. The molecule has 1 heterocycles. The van der Waals surface area contributed by atoms with E-state index in [1.54, 1.807) is 43.3 Å². The Hall–Kier alpha value is -5.17. The van der Waals surface area contributed by atoms with Gasteiger partial charge in [-0.05, 0) is 109 Å². The zero-order chi connectivity index (χ0) is 31.4. The molecule has 4 aromatic rings. The first kappa shape index (κ1) is 30.3. The third-order valence-electron chi connectivity index (χ3n) is 7.82. The molecule has 44 heavy (non-hydrogen) atoms. The van der Waals surface area contributed by atoms with Gasteiger partial charge in [0.2, 0.25) is 0 Å². The Labute approximate surface area is 258 Å². The lowest BCUT2D eigenvalue weighted by Gasteiger charge is -2.26. The highest BCUT2D eigenvalue weighted by Crippen LogP contribution is 2.39. The molecule has 0 spiro atoms. The number of aromatic carboxylic acids is 1. The van der Waals surface area contributed by atoms with E-state index >= 15 is 0 Å². The molecule has 0 fully saturated rings. The van der Waals surface area contributed by atoms with Gasteiger partial charge in [-0.25, -0.2) is 9.59 Å². The molecule has 0 radical (unpaired) electrons. The Morgan fingerprint density at radius 1 is 0.886 bits per heavy atom. The fraction of sp³-hybridized carbons (Fsp3) is 0.216. The minimum atomic E-state index is -0.949. The zero-order valence-corrected chi connectivity index (χ0v) is 25.7. The maximum atomic E-state index is 12.3. The number of esters is 1. The molecular formula is C37H37N3O4. The van der Waals surface area contributed by atoms with Crippen LogP contribution in [0.2, 0.25) is 0 Å². The van der Waals surface area contributed by atoms with Crippen molar-refractivity contribution in [2.24, 2.45) is 5.10 Å². The summed E-state index contributed by atoms with van der Waals surface area (Å²) in [6.45, 7) is 6.36. The quantitative estimate of drug-likeness (QED) is 0.200. The Morgan fingerprint density at radius 3 is 2.11 bits per heavy atom. The van der Waals surface area contributed by atoms with E-state index in [2.05, 4.69) is 74.2 Å². The second-order valence-corrected chi connectivity index (χ2v) is 11.2. The van der Waals surface area contributed by atoms with Crippen LogP contribution in [-0.4, -0.2) is 43.5 Å². The second kappa shape index (κ2) is 13.0. The zero-order valence-electron chi connectivity index (χ0n) is 25.7. The summed E-state index contributed by atoms with van der Waals surface area (Å²) < 4.78 is 5.17. The van der Waals surface area contributed by atoms with Crippen LogP contribution in [-0.2, 0) is 4.74 Å². The van der Waals surface area contributed by atoms with Crippen LogP contribution in [0.1, 0.15) is 62.4 Å². The van der Waals surface area contributed by atoms with Crippen molar-refractivity contribution in [2.75, 3.05) is 30.6 Å². The van der Waals surface area contributed by atoms with Crippen molar-refractivity contribution in [3.8, 4) is 11.1 Å². The van der Waals surface area contributed by atoms with Gasteiger partial charge in [0.1, 0.15) is 0 Å². The maximum absolute atomic E-state index is 12.3. The van der Waals surface area contributed by atoms with Crippen molar-refractivity contribution < 1.29 is 19.4 Å². The Balaban J connectivity index is 1.47. The molecule has 1 unspecified atom stereocenters. The summed E-state index contributed by atoms with van der Waals surface area (Å²) in [5.41, 5.74) is 10.4. The molecule has 7 nitrogen and oxygen atoms in total. The lowest BCUT2D eigenvalue weighted by Crippen LogP contribution is -2.19. The van der Waals surface area contributed by atoms with Crippen LogP contribution in [0.3, 0.4) is 0 Å². The molecule has 0 saturated carbocycles. The minimum Gasteiger partial charge on any atom is -0.478 e. The van der Waals surface area contributed by atoms with Crippen LogP contribution in [0.4, 0.5) is 11.4 Å². The van der Waals surface area contributed by atoms with Crippen molar-refractivity contribution in [3.05, 3.63) is 124 Å². The summed E-state index contributed by atoms with van der Waals surface area (Å²) in [7, 11) is 4.10. The van der Waals surface area contributed by atoms with Gasteiger partial charge in [0.15, 0.2) is 0 Å². The van der Waals surface area contributed by atoms with Gasteiger partial charge in [-0.15, -0.1) is 0 Å². The first-order valence-electron chi connectivity index (χ1n) is 14.7. The van der Waals surface area contributed by atoms with Gasteiger partial charge < -0.3 is 14.7 Å². The van der Waals surface area contributed by atoms with Crippen LogP contribution < -0.4 is 9.91 Å². The van der Waals surface area contributed by atoms with Crippen LogP contribution in [0.25, 0.3) is 17.2 Å². The summed E-state index contributed by atoms with van der Waals surface area (Å²) in [5, 5.41) is 16.3. The maximum Gasteiger partial charge on any atom is 0.338 e. The molecule has 0 aliphatic carbocycles. The second-order valence-electron chi connectivity index (χ2n) is 11.2. The van der Waals surface area contributed by atoms with Crippen LogP contribution in [0, 0.1) is 13.8 Å². The van der Waals surface area contributed by atoms with Crippen LogP contribution >= 0.6 is 0 Å². The summed E-state index contributed by atoms with van der Waals surface area (Å²) >= 11 is 0. The first-order valence-corrected chi connectivity index (χ1v) is 14.7. The number of carbonyl (C=O) groups is 2. The van der Waals surface area contributed by atoms with E-state index in [9.17, 15) is 14.7 Å². The van der Waals surface area contributed by atoms with E-state index in [4.69, 9.17) is 9.84 Å². The number of rotatable bonds is 9. The fourth-order valence-corrected chi connectivity index (χ4v) is 5.53. The summed E-state index contributed by atoms with van der Waals surface area (Å²) in [6, 6.07) is 27.2. The van der Waals surface area contributed by atoms with Gasteiger partial charge in [-0.2, -0.15) is 5.10 Å². The summed E-state index contributed by atoms with van der Waals surface area (Å²) in [4.78, 5) is 25.6. The topological polar surface area (TPSA) is 82.4 Å². The number of hydrazone groups is 1. The molecule has 1 aliphatic heterocycles. The Kier molecular flexibility index (Phi) is 8.95. The summed E-state index contributed by atoms with van der Waals surface area (Å²) in [6.07, 6.45) is 4.59. The molecule has 0 saturated heterocycles. The predicted octanol–water partition coefficient (Wildman–Crippen LogP) is 7.93. The van der Waals surface area contributed by atoms with Crippen molar-refractivity contribution in [3.63, 3.8) is 0 Å². The molecule has 0 amide bonds. The number of hydrogen-bond acceptors (Lipinski definition) is 6. The number of benzene rings is 4. The van der Waals surface area contributed by atoms with Crippen molar-refractivity contribution in [2.45, 2.75) is 33.2 Å². The van der Waals surface area contributed by atoms with Crippen molar-refractivity contribution >= 4 is 35.1 Å². The van der Waals surface area contributed by atoms with Gasteiger partial charge in [-0.1, -0.05) is 42.5 Å². The molecule has 7 heteroatoms. The fourth-order valence-electron chi connectivity index (χ4n) is 5.53. The number of hydrogen-bond donors (Lipinski definition) is 1. The highest BCUT2D eigenvalue weighted by molar-refractivity contribution is 6.01. The largest absolute Gasteiger partial charge is 0.478 e. The SMILES string of the molecule is CCOC(=O)c1ccc(C2CC(/C=C/c3ccc(C(=O)O)cc3)=NN2c2ccc(-c3ccc(N(C)C)c(C)c3)cc2C)cc1. The lowest BCUT2D eigenvalue weighted by molar-refractivity contribution is 0.0525. The van der Waals surface area contributed by atoms with Gasteiger partial charge in [0.25, 0.3) is 0 Å². The summed E-state index contributed by atoms with van der Waals surface area (Å²) in [5.74, 6) is -1.29. The number of ether oxygens (including phenoxy) is 1. The standard InChI is InChI=1S/C37H37N3O4/c1-6-44-37(43)29-14-12-27(13-15-29)35-23-32(18-9-26-7-10-28(11-8-26)36(41)42)38-40(35)34-20-17-31(22-25(34)3)30-16-19-33(39(4)5)24(2)21-30/h7-22,35H,6,23H2,1-5H3,(H,41,42)/b18-9+. The number of carboxylic acids is 1.